The molecule has 0 aliphatic heterocycles. The van der Waals surface area contributed by atoms with Crippen molar-refractivity contribution in [2.75, 3.05) is 5.32 Å². The number of rotatable bonds is 2. The van der Waals surface area contributed by atoms with E-state index in [0.717, 1.165) is 18.3 Å². The molecule has 0 saturated heterocycles. The molecule has 1 amide bonds. The molecule has 0 bridgehead atoms. The summed E-state index contributed by atoms with van der Waals surface area (Å²) in [4.78, 5) is 27.9. The second kappa shape index (κ2) is 7.08. The molecule has 0 aliphatic rings. The van der Waals surface area contributed by atoms with Crippen molar-refractivity contribution in [1.82, 2.24) is 4.98 Å². The number of fused-ring (bicyclic) bond motifs is 1. The average Bonchev–Trinajstić information content (AvgIpc) is 2.59. The SMILES string of the molecule is CC(C)(C)c1cc(C(F)(F)F)c(NC(=O)c2c[nH]c3cccc(O)c3c2=O)cc1O. The van der Waals surface area contributed by atoms with Crippen molar-refractivity contribution in [1.29, 1.82) is 0 Å². The van der Waals surface area contributed by atoms with Gasteiger partial charge < -0.3 is 20.5 Å². The van der Waals surface area contributed by atoms with Crippen LogP contribution in [0.5, 0.6) is 11.5 Å². The number of amides is 1. The molecule has 1 heterocycles. The van der Waals surface area contributed by atoms with E-state index in [1.54, 1.807) is 20.8 Å². The zero-order chi connectivity index (χ0) is 22.4. The van der Waals surface area contributed by atoms with Crippen molar-refractivity contribution in [3.05, 3.63) is 63.4 Å². The van der Waals surface area contributed by atoms with E-state index in [-0.39, 0.29) is 22.2 Å². The molecule has 0 fully saturated rings. The van der Waals surface area contributed by atoms with E-state index in [4.69, 9.17) is 0 Å². The first-order valence-electron chi connectivity index (χ1n) is 8.90. The van der Waals surface area contributed by atoms with Crippen molar-refractivity contribution in [3.63, 3.8) is 0 Å². The van der Waals surface area contributed by atoms with Gasteiger partial charge in [-0.3, -0.25) is 9.59 Å². The molecule has 1 aromatic heterocycles. The van der Waals surface area contributed by atoms with Gasteiger partial charge in [0.05, 0.1) is 22.2 Å². The van der Waals surface area contributed by atoms with Crippen LogP contribution in [-0.2, 0) is 11.6 Å². The van der Waals surface area contributed by atoms with Gasteiger partial charge in [-0.25, -0.2) is 0 Å². The smallest absolute Gasteiger partial charge is 0.418 e. The van der Waals surface area contributed by atoms with Gasteiger partial charge in [-0.1, -0.05) is 26.8 Å². The lowest BCUT2D eigenvalue weighted by Crippen LogP contribution is -2.24. The third-order valence-electron chi connectivity index (χ3n) is 4.63. The minimum Gasteiger partial charge on any atom is -0.508 e. The van der Waals surface area contributed by atoms with E-state index >= 15 is 0 Å². The highest BCUT2D eigenvalue weighted by Gasteiger charge is 2.36. The Labute approximate surface area is 169 Å². The maximum atomic E-state index is 13.6. The van der Waals surface area contributed by atoms with Crippen molar-refractivity contribution in [3.8, 4) is 11.5 Å². The minimum absolute atomic E-state index is 0.0568. The molecule has 0 radical (unpaired) electrons. The second-order valence-electron chi connectivity index (χ2n) is 7.85. The summed E-state index contributed by atoms with van der Waals surface area (Å²) < 4.78 is 40.8. The third kappa shape index (κ3) is 3.83. The fourth-order valence-corrected chi connectivity index (χ4v) is 3.13. The number of carbonyl (C=O) groups excluding carboxylic acids is 1. The number of pyridine rings is 1. The van der Waals surface area contributed by atoms with Crippen LogP contribution in [0.15, 0.2) is 41.3 Å². The molecule has 2 aromatic carbocycles. The maximum Gasteiger partial charge on any atom is 0.418 e. The van der Waals surface area contributed by atoms with Gasteiger partial charge in [-0.2, -0.15) is 13.2 Å². The Hall–Kier alpha value is -3.49. The lowest BCUT2D eigenvalue weighted by atomic mass is 9.85. The third-order valence-corrected chi connectivity index (χ3v) is 4.63. The number of halogens is 3. The van der Waals surface area contributed by atoms with Gasteiger partial charge in [0.15, 0.2) is 0 Å². The Morgan fingerprint density at radius 1 is 1.03 bits per heavy atom. The fraction of sp³-hybridized carbons (Fsp3) is 0.238. The molecular formula is C21H19F3N2O4. The number of hydrogen-bond donors (Lipinski definition) is 4. The number of alkyl halides is 3. The highest BCUT2D eigenvalue weighted by atomic mass is 19.4. The Kier molecular flexibility index (Phi) is 5.01. The van der Waals surface area contributed by atoms with Crippen LogP contribution in [0.3, 0.4) is 0 Å². The van der Waals surface area contributed by atoms with Crippen molar-refractivity contribution in [2.24, 2.45) is 0 Å². The van der Waals surface area contributed by atoms with E-state index in [2.05, 4.69) is 10.3 Å². The summed E-state index contributed by atoms with van der Waals surface area (Å²) in [5.74, 6) is -1.91. The van der Waals surface area contributed by atoms with Crippen molar-refractivity contribution >= 4 is 22.5 Å². The number of aromatic amines is 1. The summed E-state index contributed by atoms with van der Waals surface area (Å²) in [6.07, 6.45) is -3.76. The van der Waals surface area contributed by atoms with E-state index in [0.29, 0.717) is 0 Å². The minimum atomic E-state index is -4.82. The molecule has 6 nitrogen and oxygen atoms in total. The van der Waals surface area contributed by atoms with Crippen LogP contribution in [0, 0.1) is 0 Å². The van der Waals surface area contributed by atoms with Crippen molar-refractivity contribution in [2.45, 2.75) is 32.4 Å². The lowest BCUT2D eigenvalue weighted by Gasteiger charge is -2.24. The predicted molar refractivity (Wildman–Crippen MR) is 106 cm³/mol. The number of phenols is 2. The first-order valence-corrected chi connectivity index (χ1v) is 8.90. The first kappa shape index (κ1) is 21.2. The van der Waals surface area contributed by atoms with Crippen LogP contribution in [0.25, 0.3) is 10.9 Å². The summed E-state index contributed by atoms with van der Waals surface area (Å²) in [6.45, 7) is 4.92. The number of aromatic nitrogens is 1. The summed E-state index contributed by atoms with van der Waals surface area (Å²) in [6, 6.07) is 5.84. The Morgan fingerprint density at radius 3 is 2.30 bits per heavy atom. The van der Waals surface area contributed by atoms with Gasteiger partial charge in [-0.05, 0) is 29.2 Å². The largest absolute Gasteiger partial charge is 0.508 e. The summed E-state index contributed by atoms with van der Waals surface area (Å²) in [7, 11) is 0. The standard InChI is InChI=1S/C21H19F3N2O4/c1-20(2,3)12-7-11(21(22,23)24)14(8-16(12)28)26-19(30)10-9-25-13-5-4-6-15(27)17(13)18(10)29/h4-9,27-28H,1-3H3,(H,25,29)(H,26,30). The molecular weight excluding hydrogens is 401 g/mol. The second-order valence-corrected chi connectivity index (χ2v) is 7.85. The topological polar surface area (TPSA) is 102 Å². The number of phenolic OH excluding ortho intramolecular Hbond substituents is 2. The van der Waals surface area contributed by atoms with Gasteiger partial charge in [-0.15, -0.1) is 0 Å². The number of carbonyl (C=O) groups is 1. The first-order chi connectivity index (χ1) is 13.8. The number of benzene rings is 2. The van der Waals surface area contributed by atoms with Gasteiger partial charge >= 0.3 is 6.18 Å². The number of aromatic hydroxyl groups is 2. The molecule has 3 rings (SSSR count). The highest BCUT2D eigenvalue weighted by molar-refractivity contribution is 6.06. The number of H-pyrrole nitrogens is 1. The Balaban J connectivity index is 2.11. The van der Waals surface area contributed by atoms with E-state index < -0.39 is 45.5 Å². The number of hydrogen-bond acceptors (Lipinski definition) is 4. The number of nitrogens with one attached hydrogen (secondary N) is 2. The van der Waals surface area contributed by atoms with Gasteiger partial charge in [0.25, 0.3) is 5.91 Å². The van der Waals surface area contributed by atoms with Crippen LogP contribution in [0.1, 0.15) is 42.3 Å². The molecule has 158 valence electrons. The predicted octanol–water partition coefficient (Wildman–Crippen LogP) is 4.51. The zero-order valence-corrected chi connectivity index (χ0v) is 16.3. The van der Waals surface area contributed by atoms with Crippen LogP contribution in [0.4, 0.5) is 18.9 Å². The maximum absolute atomic E-state index is 13.6. The molecule has 0 saturated carbocycles. The summed E-state index contributed by atoms with van der Waals surface area (Å²) in [5.41, 5.74) is -3.63. The molecule has 3 aromatic rings. The lowest BCUT2D eigenvalue weighted by molar-refractivity contribution is -0.137. The van der Waals surface area contributed by atoms with E-state index in [1.807, 2.05) is 0 Å². The van der Waals surface area contributed by atoms with Gasteiger partial charge in [0, 0.05) is 12.3 Å². The quantitative estimate of drug-likeness (QED) is 0.490. The zero-order valence-electron chi connectivity index (χ0n) is 16.3. The van der Waals surface area contributed by atoms with E-state index in [9.17, 15) is 33.0 Å². The molecule has 0 aliphatic carbocycles. The Bertz CT molecular complexity index is 1210. The molecule has 0 unspecified atom stereocenters. The molecule has 0 atom stereocenters. The monoisotopic (exact) mass is 420 g/mol. The van der Waals surface area contributed by atoms with Crippen LogP contribution < -0.4 is 10.7 Å². The molecule has 30 heavy (non-hydrogen) atoms. The molecule has 9 heteroatoms. The average molecular weight is 420 g/mol. The van der Waals surface area contributed by atoms with Crippen molar-refractivity contribution < 1.29 is 28.2 Å². The molecule has 4 N–H and O–H groups in total. The Morgan fingerprint density at radius 2 is 1.70 bits per heavy atom. The van der Waals surface area contributed by atoms with Gasteiger partial charge in [0.2, 0.25) is 5.43 Å². The summed E-state index contributed by atoms with van der Waals surface area (Å²) in [5, 5.41) is 22.0. The van der Waals surface area contributed by atoms with Crippen LogP contribution in [-0.4, -0.2) is 21.1 Å². The fourth-order valence-electron chi connectivity index (χ4n) is 3.13. The molecule has 0 spiro atoms. The number of anilines is 1. The normalized spacial score (nSPS) is 12.2. The highest BCUT2D eigenvalue weighted by Crippen LogP contribution is 2.42. The van der Waals surface area contributed by atoms with E-state index in [1.165, 1.54) is 18.2 Å². The van der Waals surface area contributed by atoms with Crippen LogP contribution >= 0.6 is 0 Å². The van der Waals surface area contributed by atoms with Crippen LogP contribution in [0.2, 0.25) is 0 Å². The summed E-state index contributed by atoms with van der Waals surface area (Å²) >= 11 is 0. The van der Waals surface area contributed by atoms with Gasteiger partial charge in [0.1, 0.15) is 17.1 Å².